The van der Waals surface area contributed by atoms with E-state index in [1.54, 1.807) is 0 Å². The Hall–Kier alpha value is -2.06. The number of hydrogen-bond donors (Lipinski definition) is 0. The van der Waals surface area contributed by atoms with Gasteiger partial charge in [0.05, 0.1) is 5.52 Å². The first-order chi connectivity index (χ1) is 11.1. The Morgan fingerprint density at radius 2 is 1.39 bits per heavy atom. The van der Waals surface area contributed by atoms with Gasteiger partial charge in [-0.3, -0.25) is 0 Å². The summed E-state index contributed by atoms with van der Waals surface area (Å²) < 4.78 is 2.36. The lowest BCUT2D eigenvalue weighted by Gasteiger charge is -2.14. The largest absolute Gasteiger partial charge is 0.310 e. The minimum atomic E-state index is 0.881. The molecule has 3 aromatic carbocycles. The van der Waals surface area contributed by atoms with E-state index in [1.807, 2.05) is 0 Å². The van der Waals surface area contributed by atoms with Crippen LogP contribution in [0.15, 0.2) is 54.6 Å². The molecule has 1 nitrogen and oxygen atoms in total. The minimum Gasteiger partial charge on any atom is -0.310 e. The number of fused-ring (bicyclic) bond motifs is 3. The Bertz CT molecular complexity index is 1050. The molecule has 23 heavy (non-hydrogen) atoms. The van der Waals surface area contributed by atoms with Gasteiger partial charge >= 0.3 is 0 Å². The van der Waals surface area contributed by atoms with Crippen molar-refractivity contribution in [2.75, 3.05) is 0 Å². The van der Waals surface area contributed by atoms with Gasteiger partial charge in [-0.2, -0.15) is 0 Å². The quantitative estimate of drug-likeness (QED) is 0.443. The topological polar surface area (TPSA) is 4.93 Å². The van der Waals surface area contributed by atoms with E-state index in [0.29, 0.717) is 0 Å². The van der Waals surface area contributed by atoms with Crippen LogP contribution in [0.4, 0.5) is 0 Å². The molecule has 0 bridgehead atoms. The van der Waals surface area contributed by atoms with Crippen molar-refractivity contribution in [2.45, 2.75) is 0 Å². The number of rotatable bonds is 1. The van der Waals surface area contributed by atoms with Crippen molar-refractivity contribution < 1.29 is 0 Å². The van der Waals surface area contributed by atoms with E-state index in [0.717, 1.165) is 15.9 Å². The van der Waals surface area contributed by atoms with Crippen LogP contribution in [0.1, 0.15) is 0 Å². The highest BCUT2D eigenvalue weighted by Gasteiger charge is 2.18. The molecule has 0 aliphatic heterocycles. The van der Waals surface area contributed by atoms with Crippen LogP contribution >= 0.6 is 11.6 Å². The zero-order valence-corrected chi connectivity index (χ0v) is 14.3. The molecule has 0 aliphatic rings. The summed E-state index contributed by atoms with van der Waals surface area (Å²) in [6, 6.07) is 19.1. The molecular formula is C18H15B3ClN. The lowest BCUT2D eigenvalue weighted by molar-refractivity contribution is 1.19. The van der Waals surface area contributed by atoms with Crippen LogP contribution in [-0.4, -0.2) is 28.1 Å². The molecule has 0 fully saturated rings. The molecule has 0 saturated carbocycles. The van der Waals surface area contributed by atoms with Crippen molar-refractivity contribution in [2.24, 2.45) is 0 Å². The maximum atomic E-state index is 6.61. The Morgan fingerprint density at radius 3 is 2.13 bits per heavy atom. The summed E-state index contributed by atoms with van der Waals surface area (Å²) in [5.74, 6) is 0. The van der Waals surface area contributed by atoms with Gasteiger partial charge in [-0.05, 0) is 18.2 Å². The molecule has 0 aliphatic carbocycles. The molecule has 0 unspecified atom stereocenters. The monoisotopic (exact) mass is 313 g/mol. The van der Waals surface area contributed by atoms with Crippen LogP contribution in [0.25, 0.3) is 27.5 Å². The molecular weight excluding hydrogens is 298 g/mol. The maximum absolute atomic E-state index is 6.61. The zero-order chi connectivity index (χ0) is 16.1. The first-order valence-corrected chi connectivity index (χ1v) is 8.23. The van der Waals surface area contributed by atoms with E-state index in [2.05, 4.69) is 82.7 Å². The van der Waals surface area contributed by atoms with E-state index in [1.165, 1.54) is 33.0 Å². The van der Waals surface area contributed by atoms with E-state index in [4.69, 9.17) is 11.6 Å². The number of aromatic nitrogens is 1. The molecule has 0 radical (unpaired) electrons. The van der Waals surface area contributed by atoms with Crippen LogP contribution in [0.3, 0.4) is 0 Å². The van der Waals surface area contributed by atoms with Crippen molar-refractivity contribution in [1.29, 1.82) is 0 Å². The van der Waals surface area contributed by atoms with Crippen LogP contribution in [-0.2, 0) is 0 Å². The van der Waals surface area contributed by atoms with Gasteiger partial charge in [-0.25, -0.2) is 0 Å². The summed E-state index contributed by atoms with van der Waals surface area (Å²) in [6.45, 7) is 0. The van der Waals surface area contributed by atoms with Gasteiger partial charge in [-0.15, -0.1) is 0 Å². The smallest absolute Gasteiger partial charge is 0.142 e. The average molecular weight is 313 g/mol. The standard InChI is InChI=1S/C18H15B3ClN/c19-14-13-11-8-4-5-9-12(11)23(10-6-2-1-3-7-10)18(13)16(21)15(20)17(14)22/h1-9H,19-21H2. The third-order valence-electron chi connectivity index (χ3n) is 4.84. The molecule has 0 amide bonds. The van der Waals surface area contributed by atoms with Gasteiger partial charge in [0.25, 0.3) is 0 Å². The van der Waals surface area contributed by atoms with Crippen molar-refractivity contribution in [3.8, 4) is 5.69 Å². The molecule has 0 spiro atoms. The fourth-order valence-electron chi connectivity index (χ4n) is 3.55. The Kier molecular flexibility index (Phi) is 3.31. The molecule has 0 N–H and O–H groups in total. The summed E-state index contributed by atoms with van der Waals surface area (Å²) in [7, 11) is 6.40. The van der Waals surface area contributed by atoms with Crippen molar-refractivity contribution in [3.05, 3.63) is 59.6 Å². The Labute approximate surface area is 143 Å². The van der Waals surface area contributed by atoms with Crippen LogP contribution in [0.2, 0.25) is 5.02 Å². The van der Waals surface area contributed by atoms with Crippen molar-refractivity contribution in [1.82, 2.24) is 4.57 Å². The van der Waals surface area contributed by atoms with E-state index in [-0.39, 0.29) is 0 Å². The lowest BCUT2D eigenvalue weighted by Crippen LogP contribution is -2.33. The molecule has 108 valence electrons. The lowest BCUT2D eigenvalue weighted by atomic mass is 9.74. The molecule has 1 aromatic heterocycles. The van der Waals surface area contributed by atoms with Gasteiger partial charge in [0.1, 0.15) is 23.5 Å². The normalized spacial score (nSPS) is 11.3. The first kappa shape index (κ1) is 14.5. The van der Waals surface area contributed by atoms with Crippen molar-refractivity contribution in [3.63, 3.8) is 0 Å². The van der Waals surface area contributed by atoms with Gasteiger partial charge in [0, 0.05) is 27.0 Å². The van der Waals surface area contributed by atoms with Crippen LogP contribution in [0, 0.1) is 0 Å². The van der Waals surface area contributed by atoms with Crippen LogP contribution < -0.4 is 16.4 Å². The molecule has 1 heterocycles. The van der Waals surface area contributed by atoms with Crippen molar-refractivity contribution >= 4 is 73.3 Å². The summed E-state index contributed by atoms with van der Waals surface area (Å²) >= 11 is 6.61. The third-order valence-corrected chi connectivity index (χ3v) is 5.41. The number of benzene rings is 3. The first-order valence-electron chi connectivity index (χ1n) is 7.85. The van der Waals surface area contributed by atoms with Gasteiger partial charge in [-0.1, -0.05) is 64.4 Å². The average Bonchev–Trinajstić information content (AvgIpc) is 2.94. The third kappa shape index (κ3) is 1.98. The van der Waals surface area contributed by atoms with E-state index in [9.17, 15) is 0 Å². The highest BCUT2D eigenvalue weighted by Crippen LogP contribution is 2.30. The van der Waals surface area contributed by atoms with Gasteiger partial charge in [0.15, 0.2) is 0 Å². The molecule has 0 atom stereocenters. The molecule has 4 aromatic rings. The Morgan fingerprint density at radius 1 is 0.739 bits per heavy atom. The maximum Gasteiger partial charge on any atom is 0.142 e. The zero-order valence-electron chi connectivity index (χ0n) is 13.5. The molecule has 4 rings (SSSR count). The SMILES string of the molecule is Bc1c(Cl)c(B)c2c3ccccc3n(-c3ccccc3)c2c1B. The fourth-order valence-corrected chi connectivity index (χ4v) is 3.79. The molecule has 5 heteroatoms. The number of halogens is 1. The number of para-hydroxylation sites is 2. The van der Waals surface area contributed by atoms with E-state index >= 15 is 0 Å². The molecule has 0 saturated heterocycles. The predicted molar refractivity (Wildman–Crippen MR) is 110 cm³/mol. The Balaban J connectivity index is 2.33. The second-order valence-corrected chi connectivity index (χ2v) is 6.48. The highest BCUT2D eigenvalue weighted by atomic mass is 35.5. The minimum absolute atomic E-state index is 0.881. The highest BCUT2D eigenvalue weighted by molar-refractivity contribution is 6.64. The number of nitrogens with zero attached hydrogens (tertiary/aromatic N) is 1. The van der Waals surface area contributed by atoms with Gasteiger partial charge < -0.3 is 4.57 Å². The second kappa shape index (κ2) is 5.24. The fraction of sp³-hybridized carbons (Fsp3) is 0. The predicted octanol–water partition coefficient (Wildman–Crippen LogP) is 0.212. The summed E-state index contributed by atoms with van der Waals surface area (Å²) in [4.78, 5) is 0. The summed E-state index contributed by atoms with van der Waals surface area (Å²) in [6.07, 6.45) is 0. The van der Waals surface area contributed by atoms with E-state index < -0.39 is 0 Å². The number of hydrogen-bond acceptors (Lipinski definition) is 0. The second-order valence-electron chi connectivity index (χ2n) is 6.10. The van der Waals surface area contributed by atoms with Gasteiger partial charge in [0.2, 0.25) is 0 Å². The summed E-state index contributed by atoms with van der Waals surface area (Å²) in [5.41, 5.74) is 7.24. The van der Waals surface area contributed by atoms with Crippen LogP contribution in [0.5, 0.6) is 0 Å². The summed E-state index contributed by atoms with van der Waals surface area (Å²) in [5, 5.41) is 3.40.